The molecule has 0 aromatic heterocycles. The van der Waals surface area contributed by atoms with Crippen LogP contribution < -0.4 is 10.6 Å². The smallest absolute Gasteiger partial charge is 0.325 e. The van der Waals surface area contributed by atoms with Gasteiger partial charge in [-0.25, -0.2) is 0 Å². The molecule has 0 bridgehead atoms. The first-order valence-corrected chi connectivity index (χ1v) is 6.85. The third-order valence-corrected chi connectivity index (χ3v) is 3.27. The van der Waals surface area contributed by atoms with Crippen molar-refractivity contribution in [2.24, 2.45) is 0 Å². The van der Waals surface area contributed by atoms with Crippen LogP contribution in [-0.4, -0.2) is 43.5 Å². The molecule has 2 rings (SSSR count). The number of alkyl halides is 3. The van der Waals surface area contributed by atoms with Crippen LogP contribution in [0.3, 0.4) is 0 Å². The summed E-state index contributed by atoms with van der Waals surface area (Å²) >= 11 is 0. The maximum atomic E-state index is 12.6. The van der Waals surface area contributed by atoms with Crippen LogP contribution in [0, 0.1) is 0 Å². The summed E-state index contributed by atoms with van der Waals surface area (Å²) in [6, 6.07) is 4.67. The molecular formula is C14H18F3N3O. The average molecular weight is 301 g/mol. The fourth-order valence-electron chi connectivity index (χ4n) is 2.24. The van der Waals surface area contributed by atoms with Gasteiger partial charge in [0.1, 0.15) is 0 Å². The average Bonchev–Trinajstić information content (AvgIpc) is 2.66. The fourth-order valence-corrected chi connectivity index (χ4v) is 2.24. The molecule has 1 amide bonds. The Morgan fingerprint density at radius 2 is 2.10 bits per heavy atom. The van der Waals surface area contributed by atoms with Gasteiger partial charge < -0.3 is 10.6 Å². The van der Waals surface area contributed by atoms with E-state index in [0.717, 1.165) is 44.7 Å². The van der Waals surface area contributed by atoms with Gasteiger partial charge in [0.2, 0.25) is 5.91 Å². The van der Waals surface area contributed by atoms with Gasteiger partial charge in [-0.05, 0) is 37.7 Å². The number of rotatable bonds is 3. The predicted octanol–water partition coefficient (Wildman–Crippen LogP) is 1.94. The van der Waals surface area contributed by atoms with Crippen molar-refractivity contribution < 1.29 is 18.0 Å². The fraction of sp³-hybridized carbons (Fsp3) is 0.500. The second-order valence-electron chi connectivity index (χ2n) is 5.01. The molecule has 116 valence electrons. The monoisotopic (exact) mass is 301 g/mol. The Morgan fingerprint density at radius 1 is 1.29 bits per heavy atom. The van der Waals surface area contributed by atoms with Crippen molar-refractivity contribution in [2.45, 2.75) is 12.6 Å². The normalized spacial score (nSPS) is 17.3. The van der Waals surface area contributed by atoms with Crippen LogP contribution >= 0.6 is 0 Å². The topological polar surface area (TPSA) is 44.4 Å². The lowest BCUT2D eigenvalue weighted by Crippen LogP contribution is -2.35. The molecule has 1 heterocycles. The molecule has 0 unspecified atom stereocenters. The molecule has 0 radical (unpaired) electrons. The number of anilines is 1. The number of benzene rings is 1. The number of halogens is 3. The maximum Gasteiger partial charge on any atom is 0.416 e. The molecule has 1 saturated heterocycles. The van der Waals surface area contributed by atoms with Crippen LogP contribution in [0.25, 0.3) is 0 Å². The summed E-state index contributed by atoms with van der Waals surface area (Å²) in [5.41, 5.74) is -0.595. The number of hydrogen-bond acceptors (Lipinski definition) is 3. The molecule has 0 atom stereocenters. The van der Waals surface area contributed by atoms with E-state index < -0.39 is 11.7 Å². The summed E-state index contributed by atoms with van der Waals surface area (Å²) in [5, 5.41) is 5.75. The van der Waals surface area contributed by atoms with Gasteiger partial charge in [0, 0.05) is 18.8 Å². The second kappa shape index (κ2) is 6.91. The molecule has 1 aliphatic rings. The van der Waals surface area contributed by atoms with Crippen molar-refractivity contribution in [3.8, 4) is 0 Å². The number of amides is 1. The first kappa shape index (κ1) is 15.8. The Hall–Kier alpha value is -1.60. The predicted molar refractivity (Wildman–Crippen MR) is 74.0 cm³/mol. The minimum absolute atomic E-state index is 0.169. The highest BCUT2D eigenvalue weighted by Gasteiger charge is 2.30. The molecule has 21 heavy (non-hydrogen) atoms. The zero-order chi connectivity index (χ0) is 15.3. The highest BCUT2D eigenvalue weighted by molar-refractivity contribution is 5.92. The second-order valence-corrected chi connectivity index (χ2v) is 5.01. The molecular weight excluding hydrogens is 283 g/mol. The van der Waals surface area contributed by atoms with E-state index in [9.17, 15) is 18.0 Å². The summed E-state index contributed by atoms with van der Waals surface area (Å²) in [6.45, 7) is 3.50. The van der Waals surface area contributed by atoms with E-state index in [1.54, 1.807) is 0 Å². The Morgan fingerprint density at radius 3 is 2.86 bits per heavy atom. The van der Waals surface area contributed by atoms with Gasteiger partial charge in [0.05, 0.1) is 12.1 Å². The van der Waals surface area contributed by atoms with E-state index in [1.165, 1.54) is 12.1 Å². The van der Waals surface area contributed by atoms with Gasteiger partial charge in [-0.2, -0.15) is 13.2 Å². The van der Waals surface area contributed by atoms with E-state index in [0.29, 0.717) is 0 Å². The van der Waals surface area contributed by atoms with Crippen LogP contribution in [-0.2, 0) is 11.0 Å². The van der Waals surface area contributed by atoms with E-state index in [2.05, 4.69) is 10.6 Å². The Labute approximate surface area is 121 Å². The van der Waals surface area contributed by atoms with Crippen molar-refractivity contribution in [1.82, 2.24) is 10.2 Å². The van der Waals surface area contributed by atoms with Gasteiger partial charge >= 0.3 is 6.18 Å². The molecule has 1 aliphatic heterocycles. The molecule has 1 aromatic rings. The number of carbonyl (C=O) groups excluding carboxylic acids is 1. The molecule has 1 fully saturated rings. The molecule has 0 aliphatic carbocycles. The van der Waals surface area contributed by atoms with Gasteiger partial charge in [0.25, 0.3) is 0 Å². The van der Waals surface area contributed by atoms with Gasteiger partial charge in [-0.3, -0.25) is 9.69 Å². The van der Waals surface area contributed by atoms with Crippen LogP contribution in [0.1, 0.15) is 12.0 Å². The first-order chi connectivity index (χ1) is 9.95. The quantitative estimate of drug-likeness (QED) is 0.897. The van der Waals surface area contributed by atoms with Gasteiger partial charge in [0.15, 0.2) is 0 Å². The molecule has 7 heteroatoms. The van der Waals surface area contributed by atoms with Crippen molar-refractivity contribution >= 4 is 11.6 Å². The highest BCUT2D eigenvalue weighted by Crippen LogP contribution is 2.30. The van der Waals surface area contributed by atoms with Crippen LogP contribution in [0.2, 0.25) is 0 Å². The first-order valence-electron chi connectivity index (χ1n) is 6.85. The van der Waals surface area contributed by atoms with Crippen LogP contribution in [0.5, 0.6) is 0 Å². The zero-order valence-electron chi connectivity index (χ0n) is 11.5. The van der Waals surface area contributed by atoms with Crippen molar-refractivity contribution in [2.75, 3.05) is 38.0 Å². The minimum Gasteiger partial charge on any atom is -0.325 e. The summed E-state index contributed by atoms with van der Waals surface area (Å²) in [7, 11) is 0. The Kier molecular flexibility index (Phi) is 5.19. The number of nitrogens with one attached hydrogen (secondary N) is 2. The van der Waals surface area contributed by atoms with E-state index in [1.807, 2.05) is 4.90 Å². The number of nitrogens with zero attached hydrogens (tertiary/aromatic N) is 1. The lowest BCUT2D eigenvalue weighted by Gasteiger charge is -2.18. The van der Waals surface area contributed by atoms with Crippen LogP contribution in [0.4, 0.5) is 18.9 Å². The summed E-state index contributed by atoms with van der Waals surface area (Å²) in [4.78, 5) is 13.9. The summed E-state index contributed by atoms with van der Waals surface area (Å²) in [5.74, 6) is -0.295. The summed E-state index contributed by atoms with van der Waals surface area (Å²) in [6.07, 6.45) is -3.45. The molecule has 0 saturated carbocycles. The highest BCUT2D eigenvalue weighted by atomic mass is 19.4. The number of hydrogen-bond donors (Lipinski definition) is 2. The summed E-state index contributed by atoms with van der Waals surface area (Å²) < 4.78 is 37.8. The van der Waals surface area contributed by atoms with Crippen molar-refractivity contribution in [1.29, 1.82) is 0 Å². The van der Waals surface area contributed by atoms with E-state index in [4.69, 9.17) is 0 Å². The lowest BCUT2D eigenvalue weighted by molar-refractivity contribution is -0.137. The molecule has 0 spiro atoms. The molecule has 4 nitrogen and oxygen atoms in total. The standard InChI is InChI=1S/C14H18F3N3O/c15-14(16,17)11-3-1-4-12(9-11)19-13(21)10-20-7-2-5-18-6-8-20/h1,3-4,9,18H,2,5-8,10H2,(H,19,21). The minimum atomic E-state index is -4.41. The number of carbonyl (C=O) groups is 1. The molecule has 2 N–H and O–H groups in total. The maximum absolute atomic E-state index is 12.6. The Bertz CT molecular complexity index is 483. The third-order valence-electron chi connectivity index (χ3n) is 3.27. The SMILES string of the molecule is O=C(CN1CCCNCC1)Nc1cccc(C(F)(F)F)c1. The van der Waals surface area contributed by atoms with Crippen LogP contribution in [0.15, 0.2) is 24.3 Å². The van der Waals surface area contributed by atoms with Crippen molar-refractivity contribution in [3.63, 3.8) is 0 Å². The van der Waals surface area contributed by atoms with Gasteiger partial charge in [-0.15, -0.1) is 0 Å². The largest absolute Gasteiger partial charge is 0.416 e. The zero-order valence-corrected chi connectivity index (χ0v) is 11.5. The van der Waals surface area contributed by atoms with Gasteiger partial charge in [-0.1, -0.05) is 6.07 Å². The van der Waals surface area contributed by atoms with E-state index in [-0.39, 0.29) is 18.1 Å². The molecule has 1 aromatic carbocycles. The third kappa shape index (κ3) is 5.02. The lowest BCUT2D eigenvalue weighted by atomic mass is 10.2. The van der Waals surface area contributed by atoms with E-state index >= 15 is 0 Å². The van der Waals surface area contributed by atoms with Crippen molar-refractivity contribution in [3.05, 3.63) is 29.8 Å². The Balaban J connectivity index is 1.93.